The molecule has 0 aromatic rings. The molecule has 0 bridgehead atoms. The minimum absolute atomic E-state index is 0.0156. The molecule has 0 spiro atoms. The average molecular weight is 534 g/mol. The lowest BCUT2D eigenvalue weighted by Gasteiger charge is -2.08. The fourth-order valence-corrected chi connectivity index (χ4v) is 3.32. The molecule has 11 heteroatoms. The van der Waals surface area contributed by atoms with Gasteiger partial charge in [0.05, 0.1) is 46.2 Å². The van der Waals surface area contributed by atoms with Crippen molar-refractivity contribution in [2.75, 3.05) is 72.5 Å². The van der Waals surface area contributed by atoms with Crippen molar-refractivity contribution in [3.63, 3.8) is 0 Å². The van der Waals surface area contributed by atoms with Crippen molar-refractivity contribution < 1.29 is 38.8 Å². The Morgan fingerprint density at radius 2 is 0.892 bits per heavy atom. The van der Waals surface area contributed by atoms with E-state index in [1.807, 2.05) is 0 Å². The van der Waals surface area contributed by atoms with Crippen LogP contribution in [0.3, 0.4) is 0 Å². The van der Waals surface area contributed by atoms with Crippen LogP contribution in [-0.4, -0.2) is 100 Å². The summed E-state index contributed by atoms with van der Waals surface area (Å²) in [4.78, 5) is 34.7. The molecule has 0 saturated heterocycles. The Labute approximate surface area is 222 Å². The number of ether oxygens (including phenoxy) is 3. The van der Waals surface area contributed by atoms with Gasteiger partial charge in [-0.2, -0.15) is 0 Å². The van der Waals surface area contributed by atoms with Gasteiger partial charge in [0.25, 0.3) is 0 Å². The van der Waals surface area contributed by atoms with E-state index in [2.05, 4.69) is 16.0 Å². The van der Waals surface area contributed by atoms with Gasteiger partial charge in [-0.05, 0) is 25.7 Å². The second-order valence-electron chi connectivity index (χ2n) is 8.77. The molecule has 0 unspecified atom stereocenters. The van der Waals surface area contributed by atoms with Crippen molar-refractivity contribution in [3.8, 4) is 0 Å². The summed E-state index contributed by atoms with van der Waals surface area (Å²) >= 11 is 0. The van der Waals surface area contributed by atoms with Crippen molar-refractivity contribution in [2.45, 2.75) is 77.0 Å². The van der Waals surface area contributed by atoms with Gasteiger partial charge in [0.15, 0.2) is 0 Å². The van der Waals surface area contributed by atoms with Gasteiger partial charge in [-0.15, -0.1) is 0 Å². The zero-order valence-electron chi connectivity index (χ0n) is 22.6. The second-order valence-corrected chi connectivity index (χ2v) is 8.77. The minimum Gasteiger partial charge on any atom is -0.396 e. The van der Waals surface area contributed by atoms with E-state index in [9.17, 15) is 14.4 Å². The Morgan fingerprint density at radius 3 is 1.51 bits per heavy atom. The number of rotatable bonds is 28. The maximum Gasteiger partial charge on any atom is 0.222 e. The summed E-state index contributed by atoms with van der Waals surface area (Å²) in [7, 11) is 0. The zero-order chi connectivity index (χ0) is 27.2. The number of carbonyl (C=O) groups is 3. The Hall–Kier alpha value is -1.79. The molecule has 0 aliphatic carbocycles. The molecular formula is C26H51N3O8. The summed E-state index contributed by atoms with van der Waals surface area (Å²) in [5.74, 6) is -0.105. The first-order valence-corrected chi connectivity index (χ1v) is 13.8. The molecule has 3 amide bonds. The van der Waals surface area contributed by atoms with Crippen molar-refractivity contribution in [2.24, 2.45) is 0 Å². The van der Waals surface area contributed by atoms with Crippen LogP contribution in [0.25, 0.3) is 0 Å². The number of aliphatic hydroxyl groups is 2. The highest BCUT2D eigenvalue weighted by Crippen LogP contribution is 2.05. The number of hydrogen-bond acceptors (Lipinski definition) is 8. The lowest BCUT2D eigenvalue weighted by molar-refractivity contribution is -0.123. The van der Waals surface area contributed by atoms with E-state index in [4.69, 9.17) is 24.4 Å². The molecule has 0 atom stereocenters. The van der Waals surface area contributed by atoms with E-state index in [1.165, 1.54) is 0 Å². The molecule has 37 heavy (non-hydrogen) atoms. The molecule has 218 valence electrons. The first-order chi connectivity index (χ1) is 18.1. The molecule has 0 aliphatic heterocycles. The third kappa shape index (κ3) is 28.6. The fraction of sp³-hybridized carbons (Fsp3) is 0.885. The highest BCUT2D eigenvalue weighted by molar-refractivity contribution is 5.76. The Kier molecular flexibility index (Phi) is 27.4. The first-order valence-electron chi connectivity index (χ1n) is 13.8. The zero-order valence-corrected chi connectivity index (χ0v) is 22.6. The van der Waals surface area contributed by atoms with E-state index in [0.717, 1.165) is 57.8 Å². The van der Waals surface area contributed by atoms with Crippen LogP contribution in [0.5, 0.6) is 0 Å². The summed E-state index contributed by atoms with van der Waals surface area (Å²) < 4.78 is 16.2. The number of nitrogens with one attached hydrogen (secondary N) is 3. The van der Waals surface area contributed by atoms with Crippen LogP contribution < -0.4 is 16.0 Å². The van der Waals surface area contributed by atoms with Crippen LogP contribution in [0.15, 0.2) is 0 Å². The molecule has 0 heterocycles. The van der Waals surface area contributed by atoms with Gasteiger partial charge in [-0.25, -0.2) is 0 Å². The molecule has 5 N–H and O–H groups in total. The highest BCUT2D eigenvalue weighted by Gasteiger charge is 2.02. The van der Waals surface area contributed by atoms with E-state index < -0.39 is 0 Å². The van der Waals surface area contributed by atoms with Gasteiger partial charge in [0.2, 0.25) is 17.7 Å². The lowest BCUT2D eigenvalue weighted by atomic mass is 10.1. The third-order valence-electron chi connectivity index (χ3n) is 5.43. The van der Waals surface area contributed by atoms with Crippen LogP contribution >= 0.6 is 0 Å². The maximum absolute atomic E-state index is 11.8. The summed E-state index contributed by atoms with van der Waals surface area (Å²) in [6.07, 6.45) is 9.49. The van der Waals surface area contributed by atoms with Crippen LogP contribution in [0.1, 0.15) is 77.0 Å². The van der Waals surface area contributed by atoms with Crippen molar-refractivity contribution in [1.82, 2.24) is 16.0 Å². The molecule has 0 aliphatic rings. The number of unbranched alkanes of at least 4 members (excludes halogenated alkanes) is 7. The third-order valence-corrected chi connectivity index (χ3v) is 5.43. The van der Waals surface area contributed by atoms with Crippen LogP contribution in [-0.2, 0) is 28.6 Å². The molecule has 0 radical (unpaired) electrons. The van der Waals surface area contributed by atoms with Gasteiger partial charge in [-0.3, -0.25) is 14.4 Å². The Balaban J connectivity index is 3.26. The standard InChI is InChI=1S/C26H51N3O8/c30-16-9-5-4-8-14-28-26(34)12-18-35-20-22-37-23-21-36-19-15-29-24(32)10-6-2-1-3-7-13-27-25(33)11-17-31/h30-31H,1-23H2,(H,27,33)(H,28,34)(H,29,32). The first kappa shape index (κ1) is 35.2. The molecule has 0 aromatic heterocycles. The number of aliphatic hydroxyl groups excluding tert-OH is 2. The van der Waals surface area contributed by atoms with Gasteiger partial charge in [0, 0.05) is 45.5 Å². The second kappa shape index (κ2) is 28.8. The average Bonchev–Trinajstić information content (AvgIpc) is 2.88. The largest absolute Gasteiger partial charge is 0.396 e. The summed E-state index contributed by atoms with van der Waals surface area (Å²) in [6.45, 7) is 4.41. The number of amides is 3. The van der Waals surface area contributed by atoms with E-state index in [0.29, 0.717) is 72.1 Å². The Bertz CT molecular complexity index is 552. The predicted octanol–water partition coefficient (Wildman–Crippen LogP) is 1.05. The van der Waals surface area contributed by atoms with Crippen molar-refractivity contribution in [3.05, 3.63) is 0 Å². The normalized spacial score (nSPS) is 10.9. The van der Waals surface area contributed by atoms with Crippen LogP contribution in [0, 0.1) is 0 Å². The number of carbonyl (C=O) groups excluding carboxylic acids is 3. The Morgan fingerprint density at radius 1 is 0.432 bits per heavy atom. The predicted molar refractivity (Wildman–Crippen MR) is 141 cm³/mol. The van der Waals surface area contributed by atoms with Gasteiger partial charge < -0.3 is 40.4 Å². The fourth-order valence-electron chi connectivity index (χ4n) is 3.32. The van der Waals surface area contributed by atoms with Gasteiger partial charge in [0.1, 0.15) is 0 Å². The molecule has 0 saturated carbocycles. The van der Waals surface area contributed by atoms with Crippen molar-refractivity contribution >= 4 is 17.7 Å². The van der Waals surface area contributed by atoms with E-state index >= 15 is 0 Å². The summed E-state index contributed by atoms with van der Waals surface area (Å²) in [6, 6.07) is 0. The molecule has 11 nitrogen and oxygen atoms in total. The lowest BCUT2D eigenvalue weighted by Crippen LogP contribution is -2.27. The number of hydrogen-bond donors (Lipinski definition) is 5. The maximum atomic E-state index is 11.8. The van der Waals surface area contributed by atoms with Crippen molar-refractivity contribution in [1.29, 1.82) is 0 Å². The highest BCUT2D eigenvalue weighted by atomic mass is 16.5. The molecule has 0 fully saturated rings. The SMILES string of the molecule is O=C(CCO)NCCCCCCCC(=O)NCCOCCOCCOCCC(=O)NCCCCCCO. The minimum atomic E-state index is -0.121. The molecule has 0 rings (SSSR count). The van der Waals surface area contributed by atoms with Gasteiger partial charge in [-0.1, -0.05) is 32.1 Å². The van der Waals surface area contributed by atoms with E-state index in [1.54, 1.807) is 0 Å². The smallest absolute Gasteiger partial charge is 0.222 e. The molecule has 0 aromatic carbocycles. The van der Waals surface area contributed by atoms with Crippen LogP contribution in [0.4, 0.5) is 0 Å². The molecular weight excluding hydrogens is 482 g/mol. The topological polar surface area (TPSA) is 155 Å². The summed E-state index contributed by atoms with van der Waals surface area (Å²) in [5.41, 5.74) is 0. The quantitative estimate of drug-likeness (QED) is 0.0935. The van der Waals surface area contributed by atoms with Gasteiger partial charge >= 0.3 is 0 Å². The van der Waals surface area contributed by atoms with Crippen LogP contribution in [0.2, 0.25) is 0 Å². The monoisotopic (exact) mass is 533 g/mol. The van der Waals surface area contributed by atoms with E-state index in [-0.39, 0.29) is 37.4 Å². The summed E-state index contributed by atoms with van der Waals surface area (Å²) in [5, 5.41) is 25.8.